The summed E-state index contributed by atoms with van der Waals surface area (Å²) in [5.41, 5.74) is 1.98. The molecule has 2 rings (SSSR count). The lowest BCUT2D eigenvalue weighted by atomic mass is 9.86. The Morgan fingerprint density at radius 2 is 1.71 bits per heavy atom. The van der Waals surface area contributed by atoms with Gasteiger partial charge in [-0.25, -0.2) is 0 Å². The van der Waals surface area contributed by atoms with Crippen LogP contribution in [0.4, 0.5) is 0 Å². The molecular formula is C29H45N3O4S2. The van der Waals surface area contributed by atoms with Crippen molar-refractivity contribution in [1.82, 2.24) is 16.0 Å². The summed E-state index contributed by atoms with van der Waals surface area (Å²) in [6, 6.07) is 6.04. The van der Waals surface area contributed by atoms with Crippen molar-refractivity contribution in [3.8, 4) is 0 Å². The van der Waals surface area contributed by atoms with Gasteiger partial charge >= 0.3 is 0 Å². The largest absolute Gasteiger partial charge is 0.350 e. The number of unbranched alkanes of at least 4 members (excludes halogenated alkanes) is 1. The van der Waals surface area contributed by atoms with E-state index in [1.54, 1.807) is 6.92 Å². The Hall–Kier alpha value is -2.00. The lowest BCUT2D eigenvalue weighted by Crippen LogP contribution is -2.56. The zero-order valence-corrected chi connectivity index (χ0v) is 25.4. The molecule has 9 heteroatoms. The number of benzene rings is 1. The van der Waals surface area contributed by atoms with Crippen LogP contribution in [0.15, 0.2) is 24.3 Å². The molecule has 3 amide bonds. The Balaban J connectivity index is 2.04. The molecule has 1 heterocycles. The van der Waals surface area contributed by atoms with Crippen molar-refractivity contribution in [3.63, 3.8) is 0 Å². The Labute approximate surface area is 236 Å². The summed E-state index contributed by atoms with van der Waals surface area (Å²) in [4.78, 5) is 51.3. The van der Waals surface area contributed by atoms with Crippen LogP contribution in [-0.2, 0) is 31.0 Å². The van der Waals surface area contributed by atoms with Gasteiger partial charge in [0.15, 0.2) is 0 Å². The number of carbonyl (C=O) groups is 4. The molecule has 1 aliphatic rings. The van der Waals surface area contributed by atoms with Gasteiger partial charge in [0.2, 0.25) is 17.6 Å². The van der Waals surface area contributed by atoms with E-state index in [-0.39, 0.29) is 23.7 Å². The molecule has 1 aliphatic heterocycles. The molecule has 0 saturated carbocycles. The highest BCUT2D eigenvalue weighted by molar-refractivity contribution is 8.77. The van der Waals surface area contributed by atoms with E-state index >= 15 is 0 Å². The normalized spacial score (nSPS) is 17.1. The van der Waals surface area contributed by atoms with Crippen LogP contribution in [0.3, 0.4) is 0 Å². The fourth-order valence-corrected chi connectivity index (χ4v) is 7.28. The average Bonchev–Trinajstić information content (AvgIpc) is 3.37. The van der Waals surface area contributed by atoms with Crippen LogP contribution >= 0.6 is 21.6 Å². The maximum atomic E-state index is 13.3. The number of likely N-dealkylation sites (N-methyl/N-ethyl adjacent to an activating group) is 1. The number of hydrogen-bond donors (Lipinski definition) is 3. The Bertz CT molecular complexity index is 938. The predicted octanol–water partition coefficient (Wildman–Crippen LogP) is 4.57. The Kier molecular flexibility index (Phi) is 13.2. The van der Waals surface area contributed by atoms with Gasteiger partial charge in [-0.3, -0.25) is 19.2 Å². The van der Waals surface area contributed by atoms with Gasteiger partial charge < -0.3 is 16.0 Å². The number of amides is 3. The summed E-state index contributed by atoms with van der Waals surface area (Å²) in [6.07, 6.45) is 4.66. The van der Waals surface area contributed by atoms with Crippen LogP contribution in [0.5, 0.6) is 0 Å². The summed E-state index contributed by atoms with van der Waals surface area (Å²) >= 11 is 0. The summed E-state index contributed by atoms with van der Waals surface area (Å²) in [7, 11) is 3.86. The summed E-state index contributed by atoms with van der Waals surface area (Å²) in [5, 5.41) is 8.85. The fraction of sp³-hybridized carbons (Fsp3) is 0.655. The molecule has 0 aliphatic carbocycles. The van der Waals surface area contributed by atoms with Gasteiger partial charge in [0.05, 0.1) is 0 Å². The third-order valence-electron chi connectivity index (χ3n) is 6.63. The zero-order valence-electron chi connectivity index (χ0n) is 23.7. The van der Waals surface area contributed by atoms with E-state index in [9.17, 15) is 19.2 Å². The highest BCUT2D eigenvalue weighted by Gasteiger charge is 2.31. The number of ketones is 1. The molecule has 0 aromatic heterocycles. The van der Waals surface area contributed by atoms with E-state index < -0.39 is 29.7 Å². The molecule has 0 radical (unpaired) electrons. The van der Waals surface area contributed by atoms with Crippen LogP contribution < -0.4 is 16.0 Å². The van der Waals surface area contributed by atoms with Crippen LogP contribution in [0.1, 0.15) is 84.8 Å². The highest BCUT2D eigenvalue weighted by Crippen LogP contribution is 2.39. The van der Waals surface area contributed by atoms with Gasteiger partial charge in [-0.05, 0) is 48.6 Å². The minimum Gasteiger partial charge on any atom is -0.350 e. The molecule has 1 saturated heterocycles. The van der Waals surface area contributed by atoms with E-state index in [0.717, 1.165) is 30.4 Å². The lowest BCUT2D eigenvalue weighted by Gasteiger charge is -2.25. The maximum Gasteiger partial charge on any atom is 0.289 e. The molecule has 38 heavy (non-hydrogen) atoms. The van der Waals surface area contributed by atoms with Crippen LogP contribution in [-0.4, -0.2) is 53.1 Å². The van der Waals surface area contributed by atoms with Gasteiger partial charge in [0, 0.05) is 30.4 Å². The second kappa shape index (κ2) is 15.6. The topological polar surface area (TPSA) is 104 Å². The standard InChI is InChI=1S/C29H45N3O4S2/c1-7-30-28(36)26(34)23(18-20-12-14-21(15-13-20)29(4,5)6)31-27(35)25(19(2)3)32-24(33)11-9-8-10-22-16-17-37-38-22/h12-15,19,22-23,25H,7-11,16-18H2,1-6H3,(H,30,36)(H,31,35)(H,32,33)/t22?,23-,25-/m0/s1. The minimum absolute atomic E-state index is 0.0137. The molecular weight excluding hydrogens is 518 g/mol. The molecule has 212 valence electrons. The third kappa shape index (κ3) is 10.6. The second-order valence-electron chi connectivity index (χ2n) is 11.3. The zero-order chi connectivity index (χ0) is 28.3. The molecule has 1 aromatic carbocycles. The molecule has 0 spiro atoms. The minimum atomic E-state index is -1.03. The highest BCUT2D eigenvalue weighted by atomic mass is 33.1. The van der Waals surface area contributed by atoms with Crippen LogP contribution in [0, 0.1) is 5.92 Å². The lowest BCUT2D eigenvalue weighted by molar-refractivity contribution is -0.140. The first-order valence-corrected chi connectivity index (χ1v) is 16.1. The van der Waals surface area contributed by atoms with Gasteiger partial charge in [-0.2, -0.15) is 0 Å². The maximum absolute atomic E-state index is 13.3. The van der Waals surface area contributed by atoms with E-state index in [2.05, 4.69) is 36.7 Å². The van der Waals surface area contributed by atoms with Crippen molar-refractivity contribution in [2.45, 2.75) is 103 Å². The molecule has 1 fully saturated rings. The van der Waals surface area contributed by atoms with E-state index in [4.69, 9.17) is 0 Å². The third-order valence-corrected chi connectivity index (χ3v) is 9.63. The first kappa shape index (κ1) is 32.2. The van der Waals surface area contributed by atoms with Crippen molar-refractivity contribution in [2.75, 3.05) is 12.3 Å². The van der Waals surface area contributed by atoms with Gasteiger partial charge in [-0.1, -0.05) is 86.9 Å². The SMILES string of the molecule is CCNC(=O)C(=O)[C@H](Cc1ccc(C(C)(C)C)cc1)NC(=O)[C@@H](NC(=O)CCCCC1CCSS1)C(C)C. The van der Waals surface area contributed by atoms with Crippen LogP contribution in [0.25, 0.3) is 0 Å². The van der Waals surface area contributed by atoms with Crippen molar-refractivity contribution < 1.29 is 19.2 Å². The smallest absolute Gasteiger partial charge is 0.289 e. The summed E-state index contributed by atoms with van der Waals surface area (Å²) in [6.45, 7) is 12.1. The number of nitrogens with one attached hydrogen (secondary N) is 3. The number of rotatable bonds is 14. The number of hydrogen-bond acceptors (Lipinski definition) is 6. The summed E-state index contributed by atoms with van der Waals surface area (Å²) < 4.78 is 0. The van der Waals surface area contributed by atoms with Gasteiger partial charge in [-0.15, -0.1) is 0 Å². The molecule has 3 N–H and O–H groups in total. The first-order valence-electron chi connectivity index (χ1n) is 13.7. The molecule has 7 nitrogen and oxygen atoms in total. The van der Waals surface area contributed by atoms with E-state index in [0.29, 0.717) is 18.2 Å². The van der Waals surface area contributed by atoms with E-state index in [1.807, 2.05) is 59.7 Å². The van der Waals surface area contributed by atoms with Crippen molar-refractivity contribution in [1.29, 1.82) is 0 Å². The summed E-state index contributed by atoms with van der Waals surface area (Å²) in [5.74, 6) is -1.03. The first-order chi connectivity index (χ1) is 17.9. The van der Waals surface area contributed by atoms with Gasteiger partial charge in [0.25, 0.3) is 5.91 Å². The van der Waals surface area contributed by atoms with Crippen molar-refractivity contribution in [3.05, 3.63) is 35.4 Å². The Morgan fingerprint density at radius 1 is 1.03 bits per heavy atom. The predicted molar refractivity (Wildman–Crippen MR) is 158 cm³/mol. The fourth-order valence-electron chi connectivity index (χ4n) is 4.26. The second-order valence-corrected chi connectivity index (χ2v) is 14.1. The quantitative estimate of drug-likeness (QED) is 0.174. The molecule has 1 aromatic rings. The van der Waals surface area contributed by atoms with Gasteiger partial charge in [0.1, 0.15) is 12.1 Å². The monoisotopic (exact) mass is 563 g/mol. The van der Waals surface area contributed by atoms with Crippen molar-refractivity contribution in [2.24, 2.45) is 5.92 Å². The number of carbonyl (C=O) groups excluding carboxylic acids is 4. The molecule has 1 unspecified atom stereocenters. The number of Topliss-reactive ketones (excluding diaryl/α,β-unsaturated/α-hetero) is 1. The van der Waals surface area contributed by atoms with Crippen LogP contribution in [0.2, 0.25) is 0 Å². The molecule has 3 atom stereocenters. The average molecular weight is 564 g/mol. The van der Waals surface area contributed by atoms with Crippen molar-refractivity contribution >= 4 is 45.1 Å². The van der Waals surface area contributed by atoms with E-state index in [1.165, 1.54) is 12.2 Å². The Morgan fingerprint density at radius 3 is 2.26 bits per heavy atom. The molecule has 0 bridgehead atoms.